The second kappa shape index (κ2) is 7.69. The molecule has 0 amide bonds. The third-order valence-corrected chi connectivity index (χ3v) is 5.90. The fourth-order valence-electron chi connectivity index (χ4n) is 2.15. The highest BCUT2D eigenvalue weighted by atomic mass is 32.2. The lowest BCUT2D eigenvalue weighted by Crippen LogP contribution is -2.50. The van der Waals surface area contributed by atoms with Crippen molar-refractivity contribution in [3.8, 4) is 0 Å². The van der Waals surface area contributed by atoms with E-state index < -0.39 is 10.2 Å². The van der Waals surface area contributed by atoms with Crippen LogP contribution in [-0.2, 0) is 16.8 Å². The van der Waals surface area contributed by atoms with Gasteiger partial charge in [-0.05, 0) is 6.42 Å². The molecule has 9 heteroatoms. The van der Waals surface area contributed by atoms with E-state index in [-0.39, 0.29) is 0 Å². The maximum absolute atomic E-state index is 11.3. The Morgan fingerprint density at radius 2 is 1.86 bits per heavy atom. The molecule has 0 radical (unpaired) electrons. The first-order valence-electron chi connectivity index (χ1n) is 7.36. The van der Waals surface area contributed by atoms with Gasteiger partial charge in [0, 0.05) is 55.9 Å². The number of hydrogen-bond acceptors (Lipinski definition) is 6. The number of hydrogen-bond donors (Lipinski definition) is 1. The van der Waals surface area contributed by atoms with Crippen LogP contribution >= 0.6 is 11.8 Å². The Morgan fingerprint density at radius 1 is 1.27 bits per heavy atom. The van der Waals surface area contributed by atoms with E-state index in [0.717, 1.165) is 23.7 Å². The summed E-state index contributed by atoms with van der Waals surface area (Å²) in [6, 6.07) is 0. The molecule has 1 unspecified atom stereocenters. The molecule has 1 atom stereocenters. The molecule has 1 fully saturated rings. The van der Waals surface area contributed by atoms with Gasteiger partial charge in [-0.2, -0.15) is 12.7 Å². The summed E-state index contributed by atoms with van der Waals surface area (Å²) in [7, 11) is -3.56. The van der Waals surface area contributed by atoms with Crippen LogP contribution in [0.3, 0.4) is 0 Å². The summed E-state index contributed by atoms with van der Waals surface area (Å²) in [6.45, 7) is 7.23. The van der Waals surface area contributed by atoms with Gasteiger partial charge in [0.2, 0.25) is 0 Å². The number of nitrogens with zero attached hydrogens (tertiary/aromatic N) is 4. The van der Waals surface area contributed by atoms with Gasteiger partial charge in [-0.25, -0.2) is 15.1 Å². The van der Waals surface area contributed by atoms with E-state index in [1.165, 1.54) is 4.31 Å². The summed E-state index contributed by atoms with van der Waals surface area (Å²) < 4.78 is 23.8. The average molecular weight is 345 g/mol. The highest BCUT2D eigenvalue weighted by Crippen LogP contribution is 2.21. The molecule has 0 saturated carbocycles. The van der Waals surface area contributed by atoms with Crippen LogP contribution < -0.4 is 5.14 Å². The van der Waals surface area contributed by atoms with Gasteiger partial charge in [-0.1, -0.05) is 25.6 Å². The summed E-state index contributed by atoms with van der Waals surface area (Å²) in [5.41, 5.74) is 1.04. The fourth-order valence-corrected chi connectivity index (χ4v) is 3.57. The van der Waals surface area contributed by atoms with Crippen LogP contribution in [0.15, 0.2) is 17.6 Å². The van der Waals surface area contributed by atoms with Crippen molar-refractivity contribution in [1.29, 1.82) is 0 Å². The number of thioether (sulfide) groups is 1. The zero-order valence-corrected chi connectivity index (χ0v) is 14.6. The van der Waals surface area contributed by atoms with E-state index in [0.29, 0.717) is 31.4 Å². The van der Waals surface area contributed by atoms with Crippen LogP contribution in [0.2, 0.25) is 0 Å². The summed E-state index contributed by atoms with van der Waals surface area (Å²) in [5, 5.41) is 6.45. The molecule has 0 bridgehead atoms. The second-order valence-electron chi connectivity index (χ2n) is 5.43. The summed E-state index contributed by atoms with van der Waals surface area (Å²) in [5.74, 6) is 0. The number of nitrogens with two attached hydrogens (primary N) is 1. The van der Waals surface area contributed by atoms with Crippen molar-refractivity contribution in [2.45, 2.75) is 37.2 Å². The van der Waals surface area contributed by atoms with E-state index in [4.69, 9.17) is 5.14 Å². The van der Waals surface area contributed by atoms with Crippen LogP contribution in [0, 0.1) is 0 Å². The van der Waals surface area contributed by atoms with Crippen molar-refractivity contribution in [3.63, 3.8) is 0 Å². The first kappa shape index (κ1) is 17.6. The molecule has 1 aliphatic rings. The van der Waals surface area contributed by atoms with Crippen molar-refractivity contribution in [1.82, 2.24) is 19.2 Å². The quantitative estimate of drug-likeness (QED) is 0.602. The Balaban J connectivity index is 1.85. The number of aromatic nitrogens is 2. The van der Waals surface area contributed by atoms with E-state index in [1.54, 1.807) is 11.8 Å². The van der Waals surface area contributed by atoms with E-state index in [2.05, 4.69) is 28.7 Å². The molecule has 1 saturated heterocycles. The average Bonchev–Trinajstić information content (AvgIpc) is 2.49. The van der Waals surface area contributed by atoms with Crippen LogP contribution in [0.4, 0.5) is 0 Å². The van der Waals surface area contributed by atoms with Gasteiger partial charge in [-0.3, -0.25) is 4.90 Å². The number of piperazine rings is 1. The maximum atomic E-state index is 11.3. The van der Waals surface area contributed by atoms with E-state index in [1.807, 2.05) is 12.4 Å². The molecular formula is C13H23N5O2S2. The van der Waals surface area contributed by atoms with Gasteiger partial charge < -0.3 is 0 Å². The summed E-state index contributed by atoms with van der Waals surface area (Å²) in [6.07, 6.45) is 4.79. The zero-order valence-electron chi connectivity index (χ0n) is 13.0. The molecule has 7 nitrogen and oxygen atoms in total. The molecule has 0 aliphatic carbocycles. The lowest BCUT2D eigenvalue weighted by molar-refractivity contribution is 0.181. The summed E-state index contributed by atoms with van der Waals surface area (Å²) >= 11 is 1.68. The Labute approximate surface area is 136 Å². The highest BCUT2D eigenvalue weighted by Gasteiger charge is 2.23. The van der Waals surface area contributed by atoms with E-state index >= 15 is 0 Å². The molecule has 0 spiro atoms. The molecule has 2 N–H and O–H groups in total. The molecule has 1 aromatic heterocycles. The van der Waals surface area contributed by atoms with Gasteiger partial charge in [-0.15, -0.1) is 0 Å². The minimum absolute atomic E-state index is 0.432. The lowest BCUT2D eigenvalue weighted by atomic mass is 10.3. The topological polar surface area (TPSA) is 92.4 Å². The van der Waals surface area contributed by atoms with Crippen LogP contribution in [0.5, 0.6) is 0 Å². The summed E-state index contributed by atoms with van der Waals surface area (Å²) in [4.78, 5) is 11.0. The lowest BCUT2D eigenvalue weighted by Gasteiger charge is -2.32. The van der Waals surface area contributed by atoms with Crippen LogP contribution in [0.1, 0.15) is 25.8 Å². The Bertz CT molecular complexity index is 571. The molecule has 1 aliphatic heterocycles. The molecule has 0 aromatic carbocycles. The Kier molecular flexibility index (Phi) is 6.16. The fraction of sp³-hybridized carbons (Fsp3) is 0.692. The molecule has 124 valence electrons. The van der Waals surface area contributed by atoms with Gasteiger partial charge >= 0.3 is 0 Å². The standard InChI is InChI=1S/C13H23N5O2S2/c1-3-11(2)21-13-15-8-12(9-16-13)10-17-4-6-18(7-5-17)22(14,19)20/h8-9,11H,3-7,10H2,1-2H3,(H2,14,19,20). The normalized spacial score (nSPS) is 19.2. The predicted molar refractivity (Wildman–Crippen MR) is 87.6 cm³/mol. The van der Waals surface area contributed by atoms with Crippen LogP contribution in [0.25, 0.3) is 0 Å². The van der Waals surface area contributed by atoms with E-state index in [9.17, 15) is 8.42 Å². The van der Waals surface area contributed by atoms with Gasteiger partial charge in [0.25, 0.3) is 10.2 Å². The van der Waals surface area contributed by atoms with Crippen molar-refractivity contribution in [3.05, 3.63) is 18.0 Å². The van der Waals surface area contributed by atoms with Crippen LogP contribution in [-0.4, -0.2) is 59.0 Å². The predicted octanol–water partition coefficient (Wildman–Crippen LogP) is 0.688. The van der Waals surface area contributed by atoms with Crippen molar-refractivity contribution >= 4 is 22.0 Å². The third kappa shape index (κ3) is 5.17. The first-order valence-corrected chi connectivity index (χ1v) is 9.74. The maximum Gasteiger partial charge on any atom is 0.276 e. The minimum atomic E-state index is -3.56. The monoisotopic (exact) mass is 345 g/mol. The first-order chi connectivity index (χ1) is 10.4. The molecular weight excluding hydrogens is 322 g/mol. The zero-order chi connectivity index (χ0) is 16.2. The molecule has 1 aromatic rings. The highest BCUT2D eigenvalue weighted by molar-refractivity contribution is 7.99. The third-order valence-electron chi connectivity index (χ3n) is 3.66. The van der Waals surface area contributed by atoms with Gasteiger partial charge in [0.15, 0.2) is 5.16 Å². The minimum Gasteiger partial charge on any atom is -0.296 e. The number of rotatable bonds is 6. The Hall–Kier alpha value is -0.740. The smallest absolute Gasteiger partial charge is 0.276 e. The molecule has 2 heterocycles. The van der Waals surface area contributed by atoms with Crippen molar-refractivity contribution in [2.24, 2.45) is 5.14 Å². The Morgan fingerprint density at radius 3 is 2.36 bits per heavy atom. The van der Waals surface area contributed by atoms with Gasteiger partial charge in [0.1, 0.15) is 0 Å². The van der Waals surface area contributed by atoms with Crippen molar-refractivity contribution in [2.75, 3.05) is 26.2 Å². The molecule has 22 heavy (non-hydrogen) atoms. The second-order valence-corrected chi connectivity index (χ2v) is 8.38. The largest absolute Gasteiger partial charge is 0.296 e. The van der Waals surface area contributed by atoms with Crippen molar-refractivity contribution < 1.29 is 8.42 Å². The molecule has 2 rings (SSSR count). The van der Waals surface area contributed by atoms with Gasteiger partial charge in [0.05, 0.1) is 0 Å². The SMILES string of the molecule is CCC(C)Sc1ncc(CN2CCN(S(N)(=O)=O)CC2)cn1.